The van der Waals surface area contributed by atoms with E-state index in [4.69, 9.17) is 0 Å². The molecule has 0 bridgehead atoms. The molecular weight excluding hydrogens is 285 g/mol. The summed E-state index contributed by atoms with van der Waals surface area (Å²) in [6, 6.07) is 0.880. The van der Waals surface area contributed by atoms with E-state index in [0.717, 1.165) is 17.1 Å². The van der Waals surface area contributed by atoms with Gasteiger partial charge in [0.25, 0.3) is 0 Å². The van der Waals surface area contributed by atoms with Gasteiger partial charge in [-0.15, -0.1) is 0 Å². The summed E-state index contributed by atoms with van der Waals surface area (Å²) in [6.45, 7) is 7.30. The average molecular weight is 309 g/mol. The number of hydrogen-bond acceptors (Lipinski definition) is 0. The van der Waals surface area contributed by atoms with E-state index in [1.165, 1.54) is 37.7 Å². The molecule has 0 aromatic heterocycles. The van der Waals surface area contributed by atoms with E-state index in [-0.39, 0.29) is 24.0 Å². The maximum atomic E-state index is 4.02. The molecule has 0 radical (unpaired) electrons. The van der Waals surface area contributed by atoms with Gasteiger partial charge in [0.1, 0.15) is 0 Å². The van der Waals surface area contributed by atoms with Gasteiger partial charge in [0.2, 0.25) is 0 Å². The molecule has 1 nitrogen and oxygen atoms in total. The van der Waals surface area contributed by atoms with Crippen LogP contribution in [-0.2, 0) is 0 Å². The molecule has 0 N–H and O–H groups in total. The minimum atomic E-state index is 0. The fourth-order valence-corrected chi connectivity index (χ4v) is 2.60. The van der Waals surface area contributed by atoms with Crippen LogP contribution in [0.25, 0.3) is 0 Å². The average Bonchev–Trinajstić information content (AvgIpc) is 2.04. The van der Waals surface area contributed by atoms with Gasteiger partial charge in [0, 0.05) is 0 Å². The summed E-state index contributed by atoms with van der Waals surface area (Å²) in [6.07, 6.45) is 7.15. The Balaban J connectivity index is 0.00000169. The molecule has 1 saturated carbocycles. The van der Waals surface area contributed by atoms with Crippen LogP contribution in [0.1, 0.15) is 39.0 Å². The van der Waals surface area contributed by atoms with E-state index in [1.807, 2.05) is 0 Å². The minimum absolute atomic E-state index is 0. The van der Waals surface area contributed by atoms with Crippen molar-refractivity contribution in [2.24, 2.45) is 0 Å². The van der Waals surface area contributed by atoms with Crippen molar-refractivity contribution in [2.45, 2.75) is 45.1 Å². The Labute approximate surface area is 106 Å². The highest BCUT2D eigenvalue weighted by Crippen LogP contribution is 2.26. The molecule has 84 valence electrons. The zero-order valence-electron chi connectivity index (χ0n) is 9.85. The Bertz CT molecular complexity index is 181. The Morgan fingerprint density at radius 2 is 1.71 bits per heavy atom. The zero-order valence-corrected chi connectivity index (χ0v) is 12.0. The maximum absolute atomic E-state index is 4.02. The Morgan fingerprint density at radius 1 is 1.21 bits per heavy atom. The largest absolute Gasteiger partial charge is 1.00 e. The van der Waals surface area contributed by atoms with Crippen molar-refractivity contribution in [2.75, 3.05) is 20.6 Å². The lowest BCUT2D eigenvalue weighted by Crippen LogP contribution is -3.00. The lowest BCUT2D eigenvalue weighted by atomic mass is 9.93. The van der Waals surface area contributed by atoms with E-state index >= 15 is 0 Å². The lowest BCUT2D eigenvalue weighted by Gasteiger charge is -2.40. The van der Waals surface area contributed by atoms with Gasteiger partial charge in [0.05, 0.1) is 26.7 Å². The lowest BCUT2D eigenvalue weighted by molar-refractivity contribution is -0.912. The summed E-state index contributed by atoms with van der Waals surface area (Å²) >= 11 is 0. The predicted molar refractivity (Wildman–Crippen MR) is 58.7 cm³/mol. The van der Waals surface area contributed by atoms with Crippen LogP contribution in [0.3, 0.4) is 0 Å². The maximum Gasteiger partial charge on any atom is 0.0995 e. The van der Waals surface area contributed by atoms with Crippen molar-refractivity contribution in [1.29, 1.82) is 0 Å². The molecule has 0 aliphatic heterocycles. The summed E-state index contributed by atoms with van der Waals surface area (Å²) in [7, 11) is 4.70. The van der Waals surface area contributed by atoms with Crippen LogP contribution in [0.2, 0.25) is 0 Å². The highest BCUT2D eigenvalue weighted by atomic mass is 127. The summed E-state index contributed by atoms with van der Waals surface area (Å²) in [4.78, 5) is 0. The number of nitrogens with zero attached hydrogens (tertiary/aromatic N) is 1. The van der Waals surface area contributed by atoms with Crippen molar-refractivity contribution in [3.05, 3.63) is 12.2 Å². The van der Waals surface area contributed by atoms with Crippen LogP contribution in [0.5, 0.6) is 0 Å². The Morgan fingerprint density at radius 3 is 2.14 bits per heavy atom. The first-order valence-electron chi connectivity index (χ1n) is 5.49. The monoisotopic (exact) mass is 309 g/mol. The molecule has 0 amide bonds. The van der Waals surface area contributed by atoms with Crippen LogP contribution in [-0.4, -0.2) is 31.2 Å². The molecule has 14 heavy (non-hydrogen) atoms. The van der Waals surface area contributed by atoms with Crippen molar-refractivity contribution in [3.8, 4) is 0 Å². The van der Waals surface area contributed by atoms with E-state index < -0.39 is 0 Å². The third-order valence-electron chi connectivity index (χ3n) is 3.24. The van der Waals surface area contributed by atoms with Crippen LogP contribution in [0.4, 0.5) is 0 Å². The molecule has 0 unspecified atom stereocenters. The third-order valence-corrected chi connectivity index (χ3v) is 3.24. The highest BCUT2D eigenvalue weighted by molar-refractivity contribution is 4.88. The van der Waals surface area contributed by atoms with Crippen LogP contribution >= 0.6 is 0 Å². The molecular formula is C12H24IN. The standard InChI is InChI=1S/C12H24N.HI/c1-11(2)10-13(3,4)12-8-6-5-7-9-12;/h12H,1,5-10H2,2-4H3;1H/q+1;/p-1. The van der Waals surface area contributed by atoms with Crippen molar-refractivity contribution >= 4 is 0 Å². The second kappa shape index (κ2) is 6.11. The fourth-order valence-electron chi connectivity index (χ4n) is 2.60. The summed E-state index contributed by atoms with van der Waals surface area (Å²) < 4.78 is 1.15. The molecule has 0 atom stereocenters. The summed E-state index contributed by atoms with van der Waals surface area (Å²) in [5, 5.41) is 0. The van der Waals surface area contributed by atoms with Crippen LogP contribution in [0, 0.1) is 0 Å². The van der Waals surface area contributed by atoms with E-state index in [2.05, 4.69) is 27.6 Å². The third kappa shape index (κ3) is 4.30. The first kappa shape index (κ1) is 14.4. The van der Waals surface area contributed by atoms with E-state index in [1.54, 1.807) is 0 Å². The van der Waals surface area contributed by atoms with Gasteiger partial charge in [-0.25, -0.2) is 0 Å². The van der Waals surface area contributed by atoms with Gasteiger partial charge in [-0.3, -0.25) is 0 Å². The van der Waals surface area contributed by atoms with Crippen LogP contribution in [0.15, 0.2) is 12.2 Å². The SMILES string of the molecule is C=C(C)C[N+](C)(C)C1CCCCC1.[I-]. The second-order valence-corrected chi connectivity index (χ2v) is 5.19. The predicted octanol–water partition coefficient (Wildman–Crippen LogP) is -0.0244. The number of halogens is 1. The van der Waals surface area contributed by atoms with Gasteiger partial charge >= 0.3 is 0 Å². The fraction of sp³-hybridized carbons (Fsp3) is 0.833. The normalized spacial score (nSPS) is 18.8. The zero-order chi connectivity index (χ0) is 9.90. The molecule has 0 heterocycles. The van der Waals surface area contributed by atoms with E-state index in [9.17, 15) is 0 Å². The second-order valence-electron chi connectivity index (χ2n) is 5.19. The first-order valence-corrected chi connectivity index (χ1v) is 5.49. The van der Waals surface area contributed by atoms with Crippen molar-refractivity contribution in [3.63, 3.8) is 0 Å². The van der Waals surface area contributed by atoms with Crippen molar-refractivity contribution in [1.82, 2.24) is 0 Å². The van der Waals surface area contributed by atoms with Gasteiger partial charge in [0.15, 0.2) is 0 Å². The number of rotatable bonds is 3. The molecule has 1 aliphatic carbocycles. The van der Waals surface area contributed by atoms with Crippen LogP contribution < -0.4 is 24.0 Å². The summed E-state index contributed by atoms with van der Waals surface area (Å²) in [5.74, 6) is 0. The number of quaternary nitrogens is 1. The Hall–Kier alpha value is 0.430. The van der Waals surface area contributed by atoms with E-state index in [0.29, 0.717) is 0 Å². The summed E-state index contributed by atoms with van der Waals surface area (Å²) in [5.41, 5.74) is 1.32. The van der Waals surface area contributed by atoms with Gasteiger partial charge in [-0.1, -0.05) is 13.0 Å². The molecule has 0 aromatic carbocycles. The molecule has 1 fully saturated rings. The van der Waals surface area contributed by atoms with Crippen molar-refractivity contribution < 1.29 is 28.5 Å². The Kier molecular flexibility index (Phi) is 6.30. The molecule has 0 spiro atoms. The first-order chi connectivity index (χ1) is 6.02. The van der Waals surface area contributed by atoms with Gasteiger partial charge in [-0.05, 0) is 38.2 Å². The molecule has 1 rings (SSSR count). The quantitative estimate of drug-likeness (QED) is 0.390. The van der Waals surface area contributed by atoms with Gasteiger partial charge in [-0.2, -0.15) is 0 Å². The number of hydrogen-bond donors (Lipinski definition) is 0. The minimum Gasteiger partial charge on any atom is -1.00 e. The highest BCUT2D eigenvalue weighted by Gasteiger charge is 2.29. The molecule has 0 aromatic rings. The topological polar surface area (TPSA) is 0 Å². The molecule has 0 saturated heterocycles. The molecule has 1 aliphatic rings. The molecule has 2 heteroatoms. The van der Waals surface area contributed by atoms with Gasteiger partial charge < -0.3 is 28.5 Å². The number of likely N-dealkylation sites (N-methyl/N-ethyl adjacent to an activating group) is 1. The smallest absolute Gasteiger partial charge is 0.0995 e.